The van der Waals surface area contributed by atoms with Gasteiger partial charge >= 0.3 is 12.1 Å². The van der Waals surface area contributed by atoms with Crippen molar-refractivity contribution in [2.24, 2.45) is 0 Å². The second-order valence-electron chi connectivity index (χ2n) is 9.26. The zero-order valence-electron chi connectivity index (χ0n) is 22.5. The van der Waals surface area contributed by atoms with E-state index >= 15 is 0 Å². The molecule has 2 atom stereocenters. The van der Waals surface area contributed by atoms with Crippen LogP contribution in [0.4, 0.5) is 10.5 Å². The number of anilines is 1. The molecule has 39 heavy (non-hydrogen) atoms. The number of hydrogen-bond donors (Lipinski definition) is 0. The number of carbonyl (C=O) groups excluding carboxylic acids is 3. The van der Waals surface area contributed by atoms with Gasteiger partial charge in [0, 0.05) is 32.0 Å². The zero-order chi connectivity index (χ0) is 27.9. The zero-order valence-corrected chi connectivity index (χ0v) is 23.3. The summed E-state index contributed by atoms with van der Waals surface area (Å²) in [6, 6.07) is 22.7. The topological polar surface area (TPSA) is 85.4 Å². The molecule has 1 heterocycles. The van der Waals surface area contributed by atoms with Gasteiger partial charge in [-0.25, -0.2) is 4.79 Å². The van der Waals surface area contributed by atoms with Gasteiger partial charge in [0.2, 0.25) is 0 Å². The summed E-state index contributed by atoms with van der Waals surface area (Å²) in [7, 11) is 3.21. The molecule has 204 valence electrons. The third-order valence-corrected chi connectivity index (χ3v) is 7.72. The van der Waals surface area contributed by atoms with Crippen molar-refractivity contribution in [3.63, 3.8) is 0 Å². The molecule has 0 spiro atoms. The minimum Gasteiger partial charge on any atom is -0.497 e. The molecule has 8 nitrogen and oxygen atoms in total. The van der Waals surface area contributed by atoms with Crippen LogP contribution in [0.1, 0.15) is 28.9 Å². The van der Waals surface area contributed by atoms with Crippen molar-refractivity contribution in [1.29, 1.82) is 0 Å². The van der Waals surface area contributed by atoms with E-state index in [1.54, 1.807) is 25.1 Å². The Kier molecular flexibility index (Phi) is 9.14. The van der Waals surface area contributed by atoms with Crippen molar-refractivity contribution >= 4 is 35.4 Å². The van der Waals surface area contributed by atoms with Crippen LogP contribution in [0.3, 0.4) is 0 Å². The fourth-order valence-electron chi connectivity index (χ4n) is 4.23. The monoisotopic (exact) mass is 548 g/mol. The Morgan fingerprint density at radius 1 is 1.03 bits per heavy atom. The summed E-state index contributed by atoms with van der Waals surface area (Å²) < 4.78 is 16.5. The van der Waals surface area contributed by atoms with Crippen LogP contribution in [0.15, 0.2) is 77.7 Å². The minimum atomic E-state index is -1.07. The third-order valence-electron chi connectivity index (χ3n) is 6.37. The van der Waals surface area contributed by atoms with E-state index in [2.05, 4.69) is 0 Å². The number of amides is 2. The molecule has 0 radical (unpaired) electrons. The van der Waals surface area contributed by atoms with Gasteiger partial charge in [0.25, 0.3) is 5.91 Å². The maximum atomic E-state index is 14.0. The average Bonchev–Trinajstić information content (AvgIpc) is 3.05. The summed E-state index contributed by atoms with van der Waals surface area (Å²) in [5.74, 6) is -0.266. The lowest BCUT2D eigenvalue weighted by molar-refractivity contribution is -0.152. The van der Waals surface area contributed by atoms with Gasteiger partial charge in [-0.2, -0.15) is 0 Å². The highest BCUT2D eigenvalue weighted by Crippen LogP contribution is 2.47. The Balaban J connectivity index is 1.60. The molecule has 2 amide bonds. The van der Waals surface area contributed by atoms with Gasteiger partial charge in [-0.15, -0.1) is 11.8 Å². The van der Waals surface area contributed by atoms with Gasteiger partial charge in [0.1, 0.15) is 12.4 Å². The van der Waals surface area contributed by atoms with E-state index in [0.29, 0.717) is 11.4 Å². The van der Waals surface area contributed by atoms with Gasteiger partial charge in [-0.3, -0.25) is 9.59 Å². The molecule has 3 aromatic carbocycles. The molecule has 9 heteroatoms. The number of benzene rings is 3. The number of likely N-dealkylation sites (N-methyl/N-ethyl adjacent to an activating group) is 1. The van der Waals surface area contributed by atoms with Gasteiger partial charge in [0.05, 0.1) is 18.0 Å². The number of rotatable bonds is 8. The predicted molar refractivity (Wildman–Crippen MR) is 150 cm³/mol. The summed E-state index contributed by atoms with van der Waals surface area (Å²) in [5, 5.41) is -0.480. The fourth-order valence-corrected chi connectivity index (χ4v) is 5.58. The van der Waals surface area contributed by atoms with Crippen molar-refractivity contribution in [2.75, 3.05) is 32.1 Å². The largest absolute Gasteiger partial charge is 0.497 e. The number of nitrogens with zero attached hydrogens (tertiary/aromatic N) is 2. The Morgan fingerprint density at radius 3 is 2.41 bits per heavy atom. The Hall–Kier alpha value is -3.98. The van der Waals surface area contributed by atoms with E-state index in [1.165, 1.54) is 23.6 Å². The van der Waals surface area contributed by atoms with Crippen molar-refractivity contribution in [1.82, 2.24) is 4.90 Å². The number of methoxy groups -OCH3 is 1. The number of hydrogen-bond acceptors (Lipinski definition) is 7. The molecule has 0 aliphatic carbocycles. The van der Waals surface area contributed by atoms with Crippen LogP contribution in [-0.2, 0) is 25.7 Å². The van der Waals surface area contributed by atoms with Gasteiger partial charge in [-0.05, 0) is 36.2 Å². The summed E-state index contributed by atoms with van der Waals surface area (Å²) >= 11 is 1.45. The first-order valence-electron chi connectivity index (χ1n) is 12.6. The first-order valence-corrected chi connectivity index (χ1v) is 13.5. The molecular formula is C30H32N2O6S. The smallest absolute Gasteiger partial charge is 0.409 e. The molecule has 0 N–H and O–H groups in total. The van der Waals surface area contributed by atoms with Crippen molar-refractivity contribution < 1.29 is 28.6 Å². The van der Waals surface area contributed by atoms with Crippen LogP contribution in [0.5, 0.6) is 5.75 Å². The first-order chi connectivity index (χ1) is 18.8. The lowest BCUT2D eigenvalue weighted by Crippen LogP contribution is -2.46. The quantitative estimate of drug-likeness (QED) is 0.349. The molecule has 0 bridgehead atoms. The van der Waals surface area contributed by atoms with Crippen LogP contribution in [0.25, 0.3) is 0 Å². The fraction of sp³-hybridized carbons (Fsp3) is 0.300. The minimum absolute atomic E-state index is 0.151. The molecule has 0 unspecified atom stereocenters. The van der Waals surface area contributed by atoms with Crippen LogP contribution in [0, 0.1) is 6.92 Å². The van der Waals surface area contributed by atoms with Crippen molar-refractivity contribution in [3.05, 3.63) is 89.5 Å². The van der Waals surface area contributed by atoms with E-state index in [0.717, 1.165) is 21.6 Å². The van der Waals surface area contributed by atoms with Crippen LogP contribution >= 0.6 is 11.8 Å². The lowest BCUT2D eigenvalue weighted by atomic mass is 10.0. The maximum Gasteiger partial charge on any atom is 0.409 e. The number of carbonyl (C=O) groups is 3. The number of fused-ring (bicyclic) bond motifs is 1. The molecule has 0 saturated carbocycles. The molecule has 1 aliphatic rings. The normalized spacial score (nSPS) is 16.6. The van der Waals surface area contributed by atoms with E-state index in [9.17, 15) is 14.4 Å². The second kappa shape index (κ2) is 12.7. The molecule has 3 aromatic rings. The second-order valence-corrected chi connectivity index (χ2v) is 10.4. The van der Waals surface area contributed by atoms with Crippen molar-refractivity contribution in [2.45, 2.75) is 36.7 Å². The molecule has 0 aromatic heterocycles. The summed E-state index contributed by atoms with van der Waals surface area (Å²) in [5.41, 5.74) is 3.48. The van der Waals surface area contributed by atoms with Gasteiger partial charge < -0.3 is 24.0 Å². The number of ether oxygens (including phenoxy) is 3. The van der Waals surface area contributed by atoms with Crippen LogP contribution in [0.2, 0.25) is 0 Å². The SMILES string of the molecule is COc1ccc2c(c1)S[C@H](c1ccc(C)cc1)[C@H](OC(C)=O)C(=O)N2CCN(C)C(=O)OCc1ccccc1. The van der Waals surface area contributed by atoms with Crippen LogP contribution < -0.4 is 9.64 Å². The highest BCUT2D eigenvalue weighted by atomic mass is 32.2. The lowest BCUT2D eigenvalue weighted by Gasteiger charge is -2.29. The van der Waals surface area contributed by atoms with E-state index in [-0.39, 0.29) is 25.6 Å². The third kappa shape index (κ3) is 6.92. The number of esters is 1. The average molecular weight is 549 g/mol. The number of aryl methyl sites for hydroxylation is 1. The molecule has 4 rings (SSSR count). The molecule has 0 saturated heterocycles. The standard InChI is InChI=1S/C30H32N2O6S/c1-20-10-12-23(13-11-20)28-27(38-21(2)33)29(34)32(25-15-14-24(36-4)18-26(25)39-28)17-16-31(3)30(35)37-19-22-8-6-5-7-9-22/h5-15,18,27-28H,16-17,19H2,1-4H3/t27-,28+/m0/s1. The van der Waals surface area contributed by atoms with Gasteiger partial charge in [0.15, 0.2) is 6.10 Å². The predicted octanol–water partition coefficient (Wildman–Crippen LogP) is 5.38. The van der Waals surface area contributed by atoms with E-state index in [1.807, 2.05) is 73.7 Å². The van der Waals surface area contributed by atoms with E-state index in [4.69, 9.17) is 14.2 Å². The Labute approximate surface area is 232 Å². The maximum absolute atomic E-state index is 14.0. The first kappa shape index (κ1) is 28.0. The summed E-state index contributed by atoms with van der Waals surface area (Å²) in [6.07, 6.45) is -1.57. The van der Waals surface area contributed by atoms with E-state index < -0.39 is 23.4 Å². The summed E-state index contributed by atoms with van der Waals surface area (Å²) in [6.45, 7) is 3.82. The van der Waals surface area contributed by atoms with Crippen LogP contribution in [-0.4, -0.2) is 56.2 Å². The Bertz CT molecular complexity index is 1310. The summed E-state index contributed by atoms with van der Waals surface area (Å²) in [4.78, 5) is 42.6. The highest BCUT2D eigenvalue weighted by Gasteiger charge is 2.41. The molecule has 0 fully saturated rings. The molecular weight excluding hydrogens is 516 g/mol. The van der Waals surface area contributed by atoms with Crippen molar-refractivity contribution in [3.8, 4) is 5.75 Å². The Morgan fingerprint density at radius 2 is 1.74 bits per heavy atom. The molecule has 1 aliphatic heterocycles. The van der Waals surface area contributed by atoms with Gasteiger partial charge in [-0.1, -0.05) is 60.2 Å². The highest BCUT2D eigenvalue weighted by molar-refractivity contribution is 7.99. The number of thioether (sulfide) groups is 1.